The van der Waals surface area contributed by atoms with Gasteiger partial charge in [0.05, 0.1) is 5.52 Å². The molecule has 220 valence electrons. The van der Waals surface area contributed by atoms with Gasteiger partial charge in [-0.25, -0.2) is 0 Å². The van der Waals surface area contributed by atoms with Gasteiger partial charge in [-0.1, -0.05) is 43.0 Å². The van der Waals surface area contributed by atoms with E-state index in [4.69, 9.17) is 0 Å². The third-order valence-electron chi connectivity index (χ3n) is 8.24. The Labute approximate surface area is 262 Å². The molecule has 0 N–H and O–H groups in total. The predicted molar refractivity (Wildman–Crippen MR) is 184 cm³/mol. The number of aromatic nitrogens is 1. The van der Waals surface area contributed by atoms with Crippen molar-refractivity contribution in [1.82, 2.24) is 9.47 Å². The van der Waals surface area contributed by atoms with Crippen molar-refractivity contribution < 1.29 is 4.79 Å². The summed E-state index contributed by atoms with van der Waals surface area (Å²) in [5, 5.41) is 1.11. The second kappa shape index (κ2) is 17.6. The molecule has 0 unspecified atom stereocenters. The van der Waals surface area contributed by atoms with Gasteiger partial charge in [-0.05, 0) is 48.9 Å². The first-order valence-corrected chi connectivity index (χ1v) is 18.7. The van der Waals surface area contributed by atoms with Crippen molar-refractivity contribution in [1.29, 1.82) is 0 Å². The minimum absolute atomic E-state index is 0.00160. The van der Waals surface area contributed by atoms with E-state index in [1.54, 1.807) is 4.57 Å². The molecule has 2 heterocycles. The first-order valence-electron chi connectivity index (χ1n) is 15.9. The molecule has 0 saturated carbocycles. The van der Waals surface area contributed by atoms with E-state index in [0.717, 1.165) is 64.1 Å². The van der Waals surface area contributed by atoms with E-state index >= 15 is 0 Å². The molecule has 2 aromatic carbocycles. The number of nitrogens with zero attached hydrogens (tertiary/aromatic N) is 2. The van der Waals surface area contributed by atoms with Crippen molar-refractivity contribution in [3.63, 3.8) is 0 Å². The molecule has 41 heavy (non-hydrogen) atoms. The molecule has 1 aliphatic rings. The van der Waals surface area contributed by atoms with E-state index in [0.29, 0.717) is 5.56 Å². The van der Waals surface area contributed by atoms with Crippen molar-refractivity contribution in [2.45, 2.75) is 85.0 Å². The van der Waals surface area contributed by atoms with Crippen LogP contribution in [-0.2, 0) is 0 Å². The fraction of sp³-hybridized carbons (Fsp3) is 0.432. The summed E-state index contributed by atoms with van der Waals surface area (Å²) in [4.78, 5) is 15.4. The fourth-order valence-electron chi connectivity index (χ4n) is 5.48. The van der Waals surface area contributed by atoms with Crippen LogP contribution in [-0.4, -0.2) is 58.0 Å². The van der Waals surface area contributed by atoms with Gasteiger partial charge in [0.1, 0.15) is 0 Å². The van der Waals surface area contributed by atoms with Crippen molar-refractivity contribution in [2.24, 2.45) is 0 Å². The molecule has 0 saturated heterocycles. The van der Waals surface area contributed by atoms with E-state index in [9.17, 15) is 4.79 Å². The van der Waals surface area contributed by atoms with Crippen LogP contribution < -0.4 is 0 Å². The van der Waals surface area contributed by atoms with Gasteiger partial charge in [-0.3, -0.25) is 9.36 Å². The molecule has 0 spiro atoms. The van der Waals surface area contributed by atoms with Gasteiger partial charge in [0.2, 0.25) is 0 Å². The molecule has 3 aromatic rings. The second-order valence-electron chi connectivity index (χ2n) is 11.5. The van der Waals surface area contributed by atoms with Crippen LogP contribution in [0, 0.1) is 0 Å². The van der Waals surface area contributed by atoms with Crippen molar-refractivity contribution in [3.8, 4) is 0 Å². The molecule has 1 aromatic heterocycles. The Kier molecular flexibility index (Phi) is 14.2. The number of benzene rings is 2. The van der Waals surface area contributed by atoms with Crippen LogP contribution in [0.15, 0.2) is 76.5 Å². The number of allylic oxidation sites excluding steroid dienone is 2. The van der Waals surface area contributed by atoms with Gasteiger partial charge in [-0.15, -0.1) is 0 Å². The summed E-state index contributed by atoms with van der Waals surface area (Å²) in [7, 11) is 2.13. The summed E-state index contributed by atoms with van der Waals surface area (Å²) in [6.07, 6.45) is 19.7. The Morgan fingerprint density at radius 3 is 2.20 bits per heavy atom. The number of hydrogen-bond donors (Lipinski definition) is 0. The van der Waals surface area contributed by atoms with Gasteiger partial charge in [0, 0.05) is 35.8 Å². The summed E-state index contributed by atoms with van der Waals surface area (Å²) in [6.45, 7) is 12.8. The van der Waals surface area contributed by atoms with Gasteiger partial charge in [-0.2, -0.15) is 0 Å². The average Bonchev–Trinajstić information content (AvgIpc) is 3.39. The molecule has 0 atom stereocenters. The topological polar surface area (TPSA) is 25.2 Å². The Bertz CT molecular complexity index is 1320. The van der Waals surface area contributed by atoms with Gasteiger partial charge in [0.15, 0.2) is 0 Å². The maximum absolute atomic E-state index is 13.1. The number of fused-ring (bicyclic) bond motifs is 1. The van der Waals surface area contributed by atoms with Crippen LogP contribution >= 0.6 is 0 Å². The molecule has 3 nitrogen and oxygen atoms in total. The molecule has 1 aliphatic heterocycles. The zero-order chi connectivity index (χ0) is 29.6. The fourth-order valence-corrected chi connectivity index (χ4v) is 7.92. The molecular formula is C37H52N2OSn. The minimum atomic E-state index is 0.00160. The SMILES string of the molecule is C=Cc1ccc2c(c1)c(C1=CCN(C)CC1)cn2C(=O)c1ccccc1.CCCC[C]([SnH3])=C(CCCC)CCCC. The molecule has 4 heteroatoms. The first kappa shape index (κ1) is 33.1. The Balaban J connectivity index is 0.000000266. The van der Waals surface area contributed by atoms with Crippen LogP contribution in [0.3, 0.4) is 0 Å². The van der Waals surface area contributed by atoms with Gasteiger partial charge in [0.25, 0.3) is 5.91 Å². The van der Waals surface area contributed by atoms with E-state index in [1.165, 1.54) is 63.4 Å². The average molecular weight is 660 g/mol. The number of likely N-dealkylation sites (N-methyl/N-ethyl adjacent to an activating group) is 1. The third-order valence-corrected chi connectivity index (χ3v) is 11.7. The summed E-state index contributed by atoms with van der Waals surface area (Å²) in [5.41, 5.74) is 7.04. The van der Waals surface area contributed by atoms with Crippen molar-refractivity contribution in [2.75, 3.05) is 20.1 Å². The monoisotopic (exact) mass is 660 g/mol. The molecule has 4 rings (SSSR count). The number of carbonyl (C=O) groups is 1. The number of hydrogen-bond acceptors (Lipinski definition) is 2. The zero-order valence-corrected chi connectivity index (χ0v) is 32.1. The van der Waals surface area contributed by atoms with Crippen molar-refractivity contribution >= 4 is 51.0 Å². The molecule has 0 bridgehead atoms. The third kappa shape index (κ3) is 9.58. The molecule has 0 radical (unpaired) electrons. The number of carbonyl (C=O) groups excluding carboxylic acids is 1. The van der Waals surface area contributed by atoms with E-state index < -0.39 is 0 Å². The summed E-state index contributed by atoms with van der Waals surface area (Å²) in [6, 6.07) is 15.6. The zero-order valence-electron chi connectivity index (χ0n) is 26.3. The first-order chi connectivity index (χ1) is 19.9. The standard InChI is InChI=1S/C23H22N2O.C14H27.Sn.3H/c1-3-17-9-10-22-20(15-17)21(18-11-13-24(2)14-12-18)16-25(22)23(26)19-7-5-4-6-8-19;1-4-7-10-13-14(11-8-5-2)12-9-6-3;;;;/h3-11,15-16H,1,12-14H2,2H3;4-12H2,1-3H3;;;;. The van der Waals surface area contributed by atoms with Crippen LogP contribution in [0.4, 0.5) is 0 Å². The normalized spacial score (nSPS) is 13.4. The van der Waals surface area contributed by atoms with Gasteiger partial charge < -0.3 is 4.90 Å². The van der Waals surface area contributed by atoms with E-state index in [2.05, 4.69) is 51.4 Å². The number of unbranched alkanes of at least 4 members (excludes halogenated alkanes) is 3. The molecular weight excluding hydrogens is 607 g/mol. The van der Waals surface area contributed by atoms with Crippen LogP contribution in [0.5, 0.6) is 0 Å². The van der Waals surface area contributed by atoms with Crippen molar-refractivity contribution in [3.05, 3.63) is 93.2 Å². The second-order valence-corrected chi connectivity index (χ2v) is 14.9. The predicted octanol–water partition coefficient (Wildman–Crippen LogP) is 8.87. The Hall–Kier alpha value is -2.37. The molecule has 0 aliphatic carbocycles. The maximum atomic E-state index is 13.1. The van der Waals surface area contributed by atoms with Crippen LogP contribution in [0.2, 0.25) is 0 Å². The van der Waals surface area contributed by atoms with E-state index in [-0.39, 0.29) is 5.91 Å². The molecule has 0 fully saturated rings. The molecule has 0 amide bonds. The van der Waals surface area contributed by atoms with Crippen LogP contribution in [0.1, 0.15) is 106 Å². The quantitative estimate of drug-likeness (QED) is 0.182. The van der Waals surface area contributed by atoms with Crippen LogP contribution in [0.25, 0.3) is 22.6 Å². The van der Waals surface area contributed by atoms with Gasteiger partial charge >= 0.3 is 110 Å². The van der Waals surface area contributed by atoms with E-state index in [1.807, 2.05) is 63.9 Å². The Morgan fingerprint density at radius 2 is 1.61 bits per heavy atom. The summed E-state index contributed by atoms with van der Waals surface area (Å²) < 4.78 is 3.69. The Morgan fingerprint density at radius 1 is 0.951 bits per heavy atom. The summed E-state index contributed by atoms with van der Waals surface area (Å²) >= 11 is 0.758. The number of rotatable bonds is 12. The summed E-state index contributed by atoms with van der Waals surface area (Å²) in [5.74, 6) is 0.00160.